The summed E-state index contributed by atoms with van der Waals surface area (Å²) in [5.74, 6) is 2.58. The van der Waals surface area contributed by atoms with Gasteiger partial charge in [0.05, 0.1) is 0 Å². The number of nitrogens with zero attached hydrogens (tertiary/aromatic N) is 3. The molecule has 0 amide bonds. The summed E-state index contributed by atoms with van der Waals surface area (Å²) >= 11 is 2.10. The Morgan fingerprint density at radius 2 is 1.89 bits per heavy atom. The van der Waals surface area contributed by atoms with Gasteiger partial charge in [0.1, 0.15) is 0 Å². The van der Waals surface area contributed by atoms with Gasteiger partial charge in [-0.05, 0) is 14.1 Å². The van der Waals surface area contributed by atoms with Gasteiger partial charge in [-0.2, -0.15) is 11.8 Å². The van der Waals surface area contributed by atoms with Crippen molar-refractivity contribution in [1.82, 2.24) is 20.0 Å². The van der Waals surface area contributed by atoms with Crippen molar-refractivity contribution in [2.75, 3.05) is 78.0 Å². The van der Waals surface area contributed by atoms with E-state index in [1.54, 1.807) is 0 Å². The average Bonchev–Trinajstić information content (AvgIpc) is 2.39. The molecule has 1 atom stereocenters. The third kappa shape index (κ3) is 5.05. The van der Waals surface area contributed by atoms with E-state index >= 15 is 0 Å². The fourth-order valence-electron chi connectivity index (χ4n) is 2.59. The number of rotatable bonds is 5. The molecular weight excluding hydrogens is 244 g/mol. The molecule has 4 nitrogen and oxygen atoms in total. The van der Waals surface area contributed by atoms with Crippen molar-refractivity contribution in [3.8, 4) is 0 Å². The highest BCUT2D eigenvalue weighted by molar-refractivity contribution is 7.99. The van der Waals surface area contributed by atoms with Crippen LogP contribution < -0.4 is 5.32 Å². The van der Waals surface area contributed by atoms with E-state index < -0.39 is 0 Å². The molecule has 0 saturated carbocycles. The fraction of sp³-hybridized carbons (Fsp3) is 1.00. The number of piperazine rings is 1. The van der Waals surface area contributed by atoms with Crippen LogP contribution in [0, 0.1) is 0 Å². The molecule has 2 aliphatic heterocycles. The van der Waals surface area contributed by atoms with E-state index in [9.17, 15) is 0 Å². The molecule has 2 saturated heterocycles. The van der Waals surface area contributed by atoms with Crippen molar-refractivity contribution >= 4 is 11.8 Å². The van der Waals surface area contributed by atoms with Gasteiger partial charge >= 0.3 is 0 Å². The minimum absolute atomic E-state index is 0.720. The van der Waals surface area contributed by atoms with Crippen LogP contribution in [0.1, 0.15) is 0 Å². The van der Waals surface area contributed by atoms with Crippen LogP contribution in [0.3, 0.4) is 0 Å². The first kappa shape index (κ1) is 14.6. The summed E-state index contributed by atoms with van der Waals surface area (Å²) < 4.78 is 0. The van der Waals surface area contributed by atoms with Crippen molar-refractivity contribution in [2.24, 2.45) is 0 Å². The standard InChI is InChI=1S/C13H28N4S/c1-15(2)4-5-16-6-8-17(9-7-16)11-13-12-18-10-3-14-13/h13-14H,3-12H2,1-2H3. The Morgan fingerprint density at radius 3 is 2.50 bits per heavy atom. The molecule has 0 spiro atoms. The first-order valence-corrected chi connectivity index (χ1v) is 8.30. The third-order valence-electron chi connectivity index (χ3n) is 3.81. The summed E-state index contributed by atoms with van der Waals surface area (Å²) in [6.45, 7) is 9.82. The van der Waals surface area contributed by atoms with E-state index in [0.29, 0.717) is 0 Å². The number of likely N-dealkylation sites (N-methyl/N-ethyl adjacent to an activating group) is 1. The fourth-order valence-corrected chi connectivity index (χ4v) is 3.52. The molecule has 18 heavy (non-hydrogen) atoms. The molecule has 1 unspecified atom stereocenters. The van der Waals surface area contributed by atoms with Crippen molar-refractivity contribution in [1.29, 1.82) is 0 Å². The van der Waals surface area contributed by atoms with Crippen molar-refractivity contribution in [2.45, 2.75) is 6.04 Å². The van der Waals surface area contributed by atoms with E-state index in [2.05, 4.69) is 45.9 Å². The first-order valence-electron chi connectivity index (χ1n) is 7.14. The molecule has 106 valence electrons. The van der Waals surface area contributed by atoms with Gasteiger partial charge in [0.2, 0.25) is 0 Å². The molecule has 2 rings (SSSR count). The molecule has 2 aliphatic rings. The zero-order chi connectivity index (χ0) is 12.8. The molecule has 0 aliphatic carbocycles. The Bertz CT molecular complexity index is 223. The van der Waals surface area contributed by atoms with Gasteiger partial charge in [0.15, 0.2) is 0 Å². The second kappa shape index (κ2) is 7.70. The molecule has 0 bridgehead atoms. The van der Waals surface area contributed by atoms with Crippen LogP contribution in [0.15, 0.2) is 0 Å². The van der Waals surface area contributed by atoms with Crippen LogP contribution in [-0.2, 0) is 0 Å². The maximum Gasteiger partial charge on any atom is 0.0285 e. The largest absolute Gasteiger partial charge is 0.311 e. The topological polar surface area (TPSA) is 21.8 Å². The SMILES string of the molecule is CN(C)CCN1CCN(CC2CSCCN2)CC1. The summed E-state index contributed by atoms with van der Waals surface area (Å²) in [6.07, 6.45) is 0. The lowest BCUT2D eigenvalue weighted by atomic mass is 10.2. The zero-order valence-electron chi connectivity index (χ0n) is 11.9. The molecule has 0 aromatic carbocycles. The molecule has 0 aromatic rings. The molecule has 0 aromatic heterocycles. The predicted molar refractivity (Wildman–Crippen MR) is 80.5 cm³/mol. The van der Waals surface area contributed by atoms with Crippen LogP contribution in [0.5, 0.6) is 0 Å². The smallest absolute Gasteiger partial charge is 0.0285 e. The number of nitrogens with one attached hydrogen (secondary N) is 1. The Labute approximate surface area is 116 Å². The average molecular weight is 272 g/mol. The zero-order valence-corrected chi connectivity index (χ0v) is 12.7. The van der Waals surface area contributed by atoms with Crippen LogP contribution >= 0.6 is 11.8 Å². The van der Waals surface area contributed by atoms with E-state index in [0.717, 1.165) is 6.04 Å². The Hall–Kier alpha value is 0.190. The van der Waals surface area contributed by atoms with Crippen molar-refractivity contribution < 1.29 is 0 Å². The van der Waals surface area contributed by atoms with Crippen molar-refractivity contribution in [3.63, 3.8) is 0 Å². The summed E-state index contributed by atoms with van der Waals surface area (Å²) in [5, 5.41) is 3.63. The number of thioether (sulfide) groups is 1. The summed E-state index contributed by atoms with van der Waals surface area (Å²) in [4.78, 5) is 7.50. The monoisotopic (exact) mass is 272 g/mol. The molecule has 2 heterocycles. The van der Waals surface area contributed by atoms with Gasteiger partial charge in [-0.25, -0.2) is 0 Å². The van der Waals surface area contributed by atoms with E-state index in [1.165, 1.54) is 63.9 Å². The quantitative estimate of drug-likeness (QED) is 0.751. The van der Waals surface area contributed by atoms with Crippen LogP contribution in [0.4, 0.5) is 0 Å². The second-order valence-corrected chi connectivity index (χ2v) is 6.82. The highest BCUT2D eigenvalue weighted by atomic mass is 32.2. The molecule has 2 fully saturated rings. The lowest BCUT2D eigenvalue weighted by Crippen LogP contribution is -2.53. The first-order chi connectivity index (χ1) is 8.74. The molecular formula is C13H28N4S. The van der Waals surface area contributed by atoms with E-state index in [-0.39, 0.29) is 0 Å². The van der Waals surface area contributed by atoms with Crippen LogP contribution in [0.25, 0.3) is 0 Å². The number of hydrogen-bond donors (Lipinski definition) is 1. The van der Waals surface area contributed by atoms with Gasteiger partial charge < -0.3 is 10.2 Å². The van der Waals surface area contributed by atoms with Gasteiger partial charge in [-0.1, -0.05) is 0 Å². The maximum absolute atomic E-state index is 3.63. The lowest BCUT2D eigenvalue weighted by molar-refractivity contribution is 0.119. The summed E-state index contributed by atoms with van der Waals surface area (Å²) in [5.41, 5.74) is 0. The maximum atomic E-state index is 3.63. The minimum atomic E-state index is 0.720. The van der Waals surface area contributed by atoms with Crippen LogP contribution in [0.2, 0.25) is 0 Å². The Kier molecular flexibility index (Phi) is 6.24. The highest BCUT2D eigenvalue weighted by Gasteiger charge is 2.21. The molecule has 5 heteroatoms. The normalized spacial score (nSPS) is 27.8. The van der Waals surface area contributed by atoms with Crippen molar-refractivity contribution in [3.05, 3.63) is 0 Å². The van der Waals surface area contributed by atoms with Crippen LogP contribution in [-0.4, -0.2) is 98.7 Å². The summed E-state index contributed by atoms with van der Waals surface area (Å²) in [7, 11) is 4.31. The summed E-state index contributed by atoms with van der Waals surface area (Å²) in [6, 6.07) is 0.720. The molecule has 1 N–H and O–H groups in total. The van der Waals surface area contributed by atoms with E-state index in [4.69, 9.17) is 0 Å². The predicted octanol–water partition coefficient (Wildman–Crippen LogP) is -0.129. The highest BCUT2D eigenvalue weighted by Crippen LogP contribution is 2.10. The van der Waals surface area contributed by atoms with Gasteiger partial charge in [-0.3, -0.25) is 9.80 Å². The van der Waals surface area contributed by atoms with Gasteiger partial charge in [0, 0.05) is 69.9 Å². The van der Waals surface area contributed by atoms with Gasteiger partial charge in [-0.15, -0.1) is 0 Å². The van der Waals surface area contributed by atoms with Gasteiger partial charge in [0.25, 0.3) is 0 Å². The lowest BCUT2D eigenvalue weighted by Gasteiger charge is -2.37. The molecule has 0 radical (unpaired) electrons. The Balaban J connectivity index is 1.60. The van der Waals surface area contributed by atoms with E-state index in [1.807, 2.05) is 0 Å². The minimum Gasteiger partial charge on any atom is -0.311 e. The Morgan fingerprint density at radius 1 is 1.17 bits per heavy atom. The number of hydrogen-bond acceptors (Lipinski definition) is 5. The second-order valence-electron chi connectivity index (χ2n) is 5.67. The third-order valence-corrected chi connectivity index (χ3v) is 4.94.